The first-order chi connectivity index (χ1) is 8.30. The standard InChI is InChI=1S/C9H7F4NO4/c1-17-7-5(2-10)14-3-4(8(15)16)6(7)18-9(11,12)13/h3H,2H2,1H3,(H,15,16). The van der Waals surface area contributed by atoms with E-state index < -0.39 is 41.8 Å². The Labute approximate surface area is 98.0 Å². The van der Waals surface area contributed by atoms with E-state index in [1.807, 2.05) is 0 Å². The lowest BCUT2D eigenvalue weighted by atomic mass is 10.2. The van der Waals surface area contributed by atoms with E-state index in [1.54, 1.807) is 0 Å². The number of carboxylic acid groups (broad SMARTS) is 1. The molecular formula is C9H7F4NO4. The normalized spacial score (nSPS) is 11.2. The summed E-state index contributed by atoms with van der Waals surface area (Å²) in [6.07, 6.45) is -4.56. The molecule has 1 aromatic heterocycles. The molecule has 1 rings (SSSR count). The Hall–Kier alpha value is -2.06. The number of methoxy groups -OCH3 is 1. The van der Waals surface area contributed by atoms with Crippen molar-refractivity contribution in [1.29, 1.82) is 0 Å². The summed E-state index contributed by atoms with van der Waals surface area (Å²) in [4.78, 5) is 14.1. The number of rotatable bonds is 4. The minimum atomic E-state index is -5.13. The van der Waals surface area contributed by atoms with E-state index in [4.69, 9.17) is 5.11 Å². The summed E-state index contributed by atoms with van der Waals surface area (Å²) in [5.74, 6) is -3.53. The first-order valence-corrected chi connectivity index (χ1v) is 4.41. The van der Waals surface area contributed by atoms with Crippen molar-refractivity contribution in [2.24, 2.45) is 0 Å². The third-order valence-electron chi connectivity index (χ3n) is 1.84. The monoisotopic (exact) mass is 269 g/mol. The lowest BCUT2D eigenvalue weighted by Gasteiger charge is -2.15. The second-order valence-corrected chi connectivity index (χ2v) is 2.97. The highest BCUT2D eigenvalue weighted by atomic mass is 19.4. The van der Waals surface area contributed by atoms with Crippen molar-refractivity contribution in [2.75, 3.05) is 7.11 Å². The van der Waals surface area contributed by atoms with Crippen LogP contribution in [0.15, 0.2) is 6.20 Å². The van der Waals surface area contributed by atoms with Crippen molar-refractivity contribution in [3.8, 4) is 11.5 Å². The number of nitrogens with zero attached hydrogens (tertiary/aromatic N) is 1. The predicted octanol–water partition coefficient (Wildman–Crippen LogP) is 2.16. The molecule has 0 unspecified atom stereocenters. The molecule has 0 aliphatic heterocycles. The van der Waals surface area contributed by atoms with Crippen molar-refractivity contribution in [2.45, 2.75) is 13.0 Å². The summed E-state index contributed by atoms with van der Waals surface area (Å²) in [5.41, 5.74) is -1.36. The van der Waals surface area contributed by atoms with E-state index in [-0.39, 0.29) is 0 Å². The molecule has 5 nitrogen and oxygen atoms in total. The first kappa shape index (κ1) is 14.0. The van der Waals surface area contributed by atoms with Crippen LogP contribution in [0.3, 0.4) is 0 Å². The maximum absolute atomic E-state index is 12.5. The molecule has 100 valence electrons. The van der Waals surface area contributed by atoms with E-state index in [1.165, 1.54) is 0 Å². The Morgan fingerprint density at radius 1 is 1.44 bits per heavy atom. The molecule has 0 aliphatic carbocycles. The smallest absolute Gasteiger partial charge is 0.491 e. The van der Waals surface area contributed by atoms with Crippen LogP contribution in [0.4, 0.5) is 17.6 Å². The van der Waals surface area contributed by atoms with Gasteiger partial charge in [-0.3, -0.25) is 4.98 Å². The Morgan fingerprint density at radius 3 is 2.44 bits per heavy atom. The molecule has 0 aromatic carbocycles. The molecule has 0 bridgehead atoms. The lowest BCUT2D eigenvalue weighted by molar-refractivity contribution is -0.275. The molecule has 1 heterocycles. The van der Waals surface area contributed by atoms with E-state index in [2.05, 4.69) is 14.5 Å². The average Bonchev–Trinajstić information content (AvgIpc) is 2.25. The fourth-order valence-corrected chi connectivity index (χ4v) is 1.19. The van der Waals surface area contributed by atoms with Gasteiger partial charge in [0.15, 0.2) is 11.5 Å². The van der Waals surface area contributed by atoms with Gasteiger partial charge in [-0.1, -0.05) is 0 Å². The minimum Gasteiger partial charge on any atom is -0.491 e. The zero-order chi connectivity index (χ0) is 13.9. The molecule has 9 heteroatoms. The van der Waals surface area contributed by atoms with Gasteiger partial charge in [0.1, 0.15) is 17.9 Å². The molecule has 0 saturated carbocycles. The van der Waals surface area contributed by atoms with Crippen LogP contribution >= 0.6 is 0 Å². The Balaban J connectivity index is 3.43. The molecule has 0 spiro atoms. The van der Waals surface area contributed by atoms with Gasteiger partial charge in [-0.15, -0.1) is 13.2 Å². The first-order valence-electron chi connectivity index (χ1n) is 4.41. The van der Waals surface area contributed by atoms with E-state index in [0.29, 0.717) is 6.20 Å². The fraction of sp³-hybridized carbons (Fsp3) is 0.333. The zero-order valence-corrected chi connectivity index (χ0v) is 8.92. The highest BCUT2D eigenvalue weighted by Gasteiger charge is 2.36. The van der Waals surface area contributed by atoms with Crippen LogP contribution in [-0.2, 0) is 6.67 Å². The Bertz CT molecular complexity index is 461. The molecule has 0 amide bonds. The summed E-state index contributed by atoms with van der Waals surface area (Å²) in [6.45, 7) is -1.22. The van der Waals surface area contributed by atoms with Crippen molar-refractivity contribution in [1.82, 2.24) is 4.98 Å². The molecule has 1 aromatic rings. The Morgan fingerprint density at radius 2 is 2.06 bits per heavy atom. The van der Waals surface area contributed by atoms with Crippen LogP contribution in [0.25, 0.3) is 0 Å². The number of carboxylic acids is 1. The number of pyridine rings is 1. The van der Waals surface area contributed by atoms with Crippen LogP contribution in [0, 0.1) is 0 Å². The quantitative estimate of drug-likeness (QED) is 0.848. The van der Waals surface area contributed by atoms with Crippen molar-refractivity contribution in [3.05, 3.63) is 17.5 Å². The third-order valence-corrected chi connectivity index (χ3v) is 1.84. The molecule has 1 N–H and O–H groups in total. The molecule has 18 heavy (non-hydrogen) atoms. The second-order valence-electron chi connectivity index (χ2n) is 2.97. The zero-order valence-electron chi connectivity index (χ0n) is 8.92. The number of halogens is 4. The molecule has 0 radical (unpaired) electrons. The predicted molar refractivity (Wildman–Crippen MR) is 49.2 cm³/mol. The lowest BCUT2D eigenvalue weighted by Crippen LogP contribution is -2.20. The highest BCUT2D eigenvalue weighted by molar-refractivity contribution is 5.91. The average molecular weight is 269 g/mol. The molecular weight excluding hydrogens is 262 g/mol. The van der Waals surface area contributed by atoms with Gasteiger partial charge in [-0.05, 0) is 0 Å². The molecule has 0 saturated heterocycles. The number of alkyl halides is 4. The SMILES string of the molecule is COc1c(CF)ncc(C(=O)O)c1OC(F)(F)F. The number of aromatic nitrogens is 1. The summed E-state index contributed by atoms with van der Waals surface area (Å²) in [6, 6.07) is 0. The van der Waals surface area contributed by atoms with E-state index in [0.717, 1.165) is 7.11 Å². The number of hydrogen-bond acceptors (Lipinski definition) is 4. The van der Waals surface area contributed by atoms with Crippen molar-refractivity contribution in [3.63, 3.8) is 0 Å². The van der Waals surface area contributed by atoms with Crippen LogP contribution in [-0.4, -0.2) is 29.5 Å². The summed E-state index contributed by atoms with van der Waals surface area (Å²) in [7, 11) is 0.949. The number of ether oxygens (including phenoxy) is 2. The van der Waals surface area contributed by atoms with E-state index >= 15 is 0 Å². The number of carbonyl (C=O) groups is 1. The Kier molecular flexibility index (Phi) is 3.94. The number of aromatic carboxylic acids is 1. The van der Waals surface area contributed by atoms with Gasteiger partial charge in [0.05, 0.1) is 7.11 Å². The van der Waals surface area contributed by atoms with Gasteiger partial charge >= 0.3 is 12.3 Å². The van der Waals surface area contributed by atoms with Crippen molar-refractivity contribution < 1.29 is 36.9 Å². The van der Waals surface area contributed by atoms with Crippen LogP contribution in [0.1, 0.15) is 16.1 Å². The second kappa shape index (κ2) is 5.07. The van der Waals surface area contributed by atoms with Crippen LogP contribution < -0.4 is 9.47 Å². The van der Waals surface area contributed by atoms with E-state index in [9.17, 15) is 22.4 Å². The minimum absolute atomic E-state index is 0.484. The number of hydrogen-bond donors (Lipinski definition) is 1. The largest absolute Gasteiger partial charge is 0.573 e. The summed E-state index contributed by atoms with van der Waals surface area (Å²) in [5, 5.41) is 8.71. The van der Waals surface area contributed by atoms with Crippen LogP contribution in [0.5, 0.6) is 11.5 Å². The van der Waals surface area contributed by atoms with Crippen molar-refractivity contribution >= 4 is 5.97 Å². The summed E-state index contributed by atoms with van der Waals surface area (Å²) < 4.78 is 57.0. The van der Waals surface area contributed by atoms with Gasteiger partial charge in [0.2, 0.25) is 0 Å². The maximum atomic E-state index is 12.5. The molecule has 0 atom stereocenters. The van der Waals surface area contributed by atoms with Crippen LogP contribution in [0.2, 0.25) is 0 Å². The maximum Gasteiger partial charge on any atom is 0.573 e. The van der Waals surface area contributed by atoms with Gasteiger partial charge in [-0.25, -0.2) is 9.18 Å². The van der Waals surface area contributed by atoms with Gasteiger partial charge < -0.3 is 14.6 Å². The highest BCUT2D eigenvalue weighted by Crippen LogP contribution is 2.37. The van der Waals surface area contributed by atoms with Gasteiger partial charge in [0, 0.05) is 6.20 Å². The topological polar surface area (TPSA) is 68.7 Å². The fourth-order valence-electron chi connectivity index (χ4n) is 1.19. The summed E-state index contributed by atoms with van der Waals surface area (Å²) >= 11 is 0. The molecule has 0 aliphatic rings. The van der Waals surface area contributed by atoms with Gasteiger partial charge in [0.25, 0.3) is 0 Å². The molecule has 0 fully saturated rings. The third kappa shape index (κ3) is 2.99. The van der Waals surface area contributed by atoms with Gasteiger partial charge in [-0.2, -0.15) is 0 Å².